The molecular weight excluding hydrogens is 286 g/mol. The zero-order chi connectivity index (χ0) is 7.61. The first-order valence-electron chi connectivity index (χ1n) is 3.72. The Labute approximate surface area is 99.2 Å². The minimum atomic E-state index is -0.661. The Balaban J connectivity index is 0. The number of hydrogen-bond acceptors (Lipinski definition) is 0. The van der Waals surface area contributed by atoms with Gasteiger partial charge in [-0.25, -0.2) is 0 Å². The summed E-state index contributed by atoms with van der Waals surface area (Å²) in [6, 6.07) is 0. The predicted molar refractivity (Wildman–Crippen MR) is 45.2 cm³/mol. The summed E-state index contributed by atoms with van der Waals surface area (Å²) < 4.78 is 1.81. The molecule has 0 spiro atoms. The molecule has 0 fully saturated rings. The molecule has 68 valence electrons. The minimum Gasteiger partial charge on any atom is -1.00 e. The van der Waals surface area contributed by atoms with Crippen LogP contribution in [0, 0.1) is 0 Å². The molecule has 0 N–H and O–H groups in total. The van der Waals surface area contributed by atoms with E-state index in [1.54, 1.807) is 0 Å². The number of rotatable bonds is 2. The summed E-state index contributed by atoms with van der Waals surface area (Å²) in [6.07, 6.45) is 8.15. The van der Waals surface area contributed by atoms with Gasteiger partial charge in [0.25, 0.3) is 0 Å². The van der Waals surface area contributed by atoms with Crippen molar-refractivity contribution < 1.29 is 47.2 Å². The van der Waals surface area contributed by atoms with Crippen LogP contribution < -0.4 is 24.8 Å². The number of halogens is 2. The summed E-state index contributed by atoms with van der Waals surface area (Å²) in [4.78, 5) is 0. The first-order valence-corrected chi connectivity index (χ1v) is 12.1. The first-order chi connectivity index (χ1) is 4.58. The predicted octanol–water partition coefficient (Wildman–Crippen LogP) is -3.24. The molecule has 0 saturated carbocycles. The number of allylic oxidation sites excluding steroid dienone is 4. The van der Waals surface area contributed by atoms with Gasteiger partial charge in [-0.3, -0.25) is 0 Å². The number of hydrogen-bond donors (Lipinski definition) is 0. The molecule has 0 aromatic rings. The molecule has 4 heteroatoms. The molecule has 0 unspecified atom stereocenters. The first kappa shape index (κ1) is 15.6. The van der Waals surface area contributed by atoms with Gasteiger partial charge < -0.3 is 24.8 Å². The SMILES string of the molecule is C[Si](C)(C)[Zr+2][C]1=CC=CC1.[Cl-].[Cl-]. The molecule has 0 bridgehead atoms. The van der Waals surface area contributed by atoms with Crippen molar-refractivity contribution in [3.8, 4) is 0 Å². The molecule has 1 aliphatic rings. The fraction of sp³-hybridized carbons (Fsp3) is 0.500. The van der Waals surface area contributed by atoms with E-state index in [1.165, 1.54) is 6.42 Å². The average Bonchev–Trinajstić information content (AvgIpc) is 2.12. The molecule has 0 aromatic carbocycles. The van der Waals surface area contributed by atoms with Gasteiger partial charge >= 0.3 is 75.2 Å². The molecule has 12 heavy (non-hydrogen) atoms. The standard InChI is InChI=1S/C5H5.C3H9Si.2ClH.Zr/c1-2-4-5-3-1;1-4(2)3;;;/h1-3H,4H2;1-3H3;2*1H;/q;;;;+2/p-2. The zero-order valence-electron chi connectivity index (χ0n) is 7.70. The maximum atomic E-state index is 2.50. The van der Waals surface area contributed by atoms with Crippen LogP contribution in [0.1, 0.15) is 6.42 Å². The van der Waals surface area contributed by atoms with Crippen LogP contribution >= 0.6 is 0 Å². The van der Waals surface area contributed by atoms with Gasteiger partial charge in [-0.2, -0.15) is 0 Å². The van der Waals surface area contributed by atoms with Crippen molar-refractivity contribution in [3.63, 3.8) is 0 Å². The van der Waals surface area contributed by atoms with E-state index in [4.69, 9.17) is 0 Å². The van der Waals surface area contributed by atoms with Crippen molar-refractivity contribution >= 4 is 5.20 Å². The fourth-order valence-electron chi connectivity index (χ4n) is 1.02. The molecule has 0 amide bonds. The van der Waals surface area contributed by atoms with E-state index in [0.29, 0.717) is 0 Å². The Morgan fingerprint density at radius 2 is 1.83 bits per heavy atom. The second kappa shape index (κ2) is 6.59. The van der Waals surface area contributed by atoms with E-state index < -0.39 is 5.20 Å². The zero-order valence-corrected chi connectivity index (χ0v) is 12.7. The maximum absolute atomic E-state index is 2.50. The Hall–Kier alpha value is 1.16. The molecule has 0 nitrogen and oxygen atoms in total. The topological polar surface area (TPSA) is 0 Å². The molecule has 0 heterocycles. The summed E-state index contributed by atoms with van der Waals surface area (Å²) in [6.45, 7) is 7.50. The molecular formula is C8H14Cl2SiZr. The van der Waals surface area contributed by atoms with E-state index in [9.17, 15) is 0 Å². The van der Waals surface area contributed by atoms with Crippen molar-refractivity contribution in [3.05, 3.63) is 21.5 Å². The quantitative estimate of drug-likeness (QED) is 0.470. The van der Waals surface area contributed by atoms with Gasteiger partial charge in [-0.05, 0) is 0 Å². The van der Waals surface area contributed by atoms with Gasteiger partial charge in [0.15, 0.2) is 0 Å². The van der Waals surface area contributed by atoms with Crippen molar-refractivity contribution in [2.45, 2.75) is 26.1 Å². The van der Waals surface area contributed by atoms with Crippen LogP contribution in [0.5, 0.6) is 0 Å². The van der Waals surface area contributed by atoms with E-state index in [-0.39, 0.29) is 47.2 Å². The second-order valence-electron chi connectivity index (χ2n) is 3.70. The molecule has 1 rings (SSSR count). The minimum absolute atomic E-state index is 0. The Morgan fingerprint density at radius 1 is 1.25 bits per heavy atom. The van der Waals surface area contributed by atoms with Crippen molar-refractivity contribution in [1.82, 2.24) is 0 Å². The van der Waals surface area contributed by atoms with Crippen LogP contribution in [-0.2, 0) is 22.4 Å². The van der Waals surface area contributed by atoms with Gasteiger partial charge in [-0.15, -0.1) is 0 Å². The van der Waals surface area contributed by atoms with E-state index >= 15 is 0 Å². The third kappa shape index (κ3) is 6.65. The van der Waals surface area contributed by atoms with Crippen LogP contribution in [0.15, 0.2) is 21.5 Å². The van der Waals surface area contributed by atoms with Crippen LogP contribution in [-0.4, -0.2) is 5.20 Å². The van der Waals surface area contributed by atoms with E-state index in [0.717, 1.165) is 0 Å². The third-order valence-corrected chi connectivity index (χ3v) is 11.2. The summed E-state index contributed by atoms with van der Waals surface area (Å²) in [5, 5.41) is -0.661. The van der Waals surface area contributed by atoms with Gasteiger partial charge in [0.1, 0.15) is 0 Å². The molecule has 1 aliphatic carbocycles. The van der Waals surface area contributed by atoms with E-state index in [1.807, 2.05) is 3.28 Å². The maximum Gasteiger partial charge on any atom is -1.00 e. The molecule has 0 radical (unpaired) electrons. The molecule has 0 aliphatic heterocycles. The summed E-state index contributed by atoms with van der Waals surface area (Å²) in [5.74, 6) is 0. The molecule has 0 aromatic heterocycles. The van der Waals surface area contributed by atoms with Crippen molar-refractivity contribution in [1.29, 1.82) is 0 Å². The van der Waals surface area contributed by atoms with Gasteiger partial charge in [0.2, 0.25) is 0 Å². The summed E-state index contributed by atoms with van der Waals surface area (Å²) >= 11 is -0.108. The largest absolute Gasteiger partial charge is 1.00 e. The van der Waals surface area contributed by atoms with Crippen LogP contribution in [0.25, 0.3) is 0 Å². The summed E-state index contributed by atoms with van der Waals surface area (Å²) in [7, 11) is 0. The average molecular weight is 300 g/mol. The van der Waals surface area contributed by atoms with Gasteiger partial charge in [0, 0.05) is 0 Å². The van der Waals surface area contributed by atoms with Crippen molar-refractivity contribution in [2.75, 3.05) is 0 Å². The van der Waals surface area contributed by atoms with Crippen molar-refractivity contribution in [2.24, 2.45) is 0 Å². The Kier molecular flexibility index (Phi) is 8.58. The summed E-state index contributed by atoms with van der Waals surface area (Å²) in [5.41, 5.74) is 0. The van der Waals surface area contributed by atoms with Crippen LogP contribution in [0.2, 0.25) is 19.6 Å². The second-order valence-corrected chi connectivity index (χ2v) is 22.9. The Bertz CT molecular complexity index is 182. The monoisotopic (exact) mass is 298 g/mol. The molecule has 0 atom stereocenters. The van der Waals surface area contributed by atoms with Crippen LogP contribution in [0.3, 0.4) is 0 Å². The Morgan fingerprint density at radius 3 is 2.17 bits per heavy atom. The van der Waals surface area contributed by atoms with Gasteiger partial charge in [0.05, 0.1) is 0 Å². The third-order valence-electron chi connectivity index (χ3n) is 1.31. The van der Waals surface area contributed by atoms with E-state index in [2.05, 4.69) is 37.9 Å². The van der Waals surface area contributed by atoms with Crippen LogP contribution in [0.4, 0.5) is 0 Å². The molecule has 0 saturated heterocycles. The van der Waals surface area contributed by atoms with Gasteiger partial charge in [-0.1, -0.05) is 0 Å². The smallest absolute Gasteiger partial charge is 1.00 e. The normalized spacial score (nSPS) is 14.1. The fourth-order valence-corrected chi connectivity index (χ4v) is 11.2.